The molecule has 35 heavy (non-hydrogen) atoms. The third-order valence-corrected chi connectivity index (χ3v) is 6.85. The van der Waals surface area contributed by atoms with Crippen molar-refractivity contribution >= 4 is 33.3 Å². The fourth-order valence-electron chi connectivity index (χ4n) is 4.31. The van der Waals surface area contributed by atoms with Crippen molar-refractivity contribution in [1.29, 1.82) is 0 Å². The second-order valence-electron chi connectivity index (χ2n) is 8.47. The van der Waals surface area contributed by atoms with Crippen LogP contribution in [0.3, 0.4) is 0 Å². The van der Waals surface area contributed by atoms with Crippen molar-refractivity contribution < 1.29 is 18.3 Å². The Hall–Kier alpha value is -3.59. The van der Waals surface area contributed by atoms with E-state index in [1.807, 2.05) is 24.3 Å². The number of ether oxygens (including phenoxy) is 1. The van der Waals surface area contributed by atoms with Gasteiger partial charge in [-0.15, -0.1) is 10.2 Å². The first-order valence-electron chi connectivity index (χ1n) is 11.6. The third-order valence-electron chi connectivity index (χ3n) is 6.02. The van der Waals surface area contributed by atoms with Gasteiger partial charge in [0.05, 0.1) is 23.6 Å². The Morgan fingerprint density at radius 2 is 1.89 bits per heavy atom. The Morgan fingerprint density at radius 1 is 1.09 bits per heavy atom. The van der Waals surface area contributed by atoms with Gasteiger partial charge in [-0.25, -0.2) is 4.39 Å². The minimum Gasteiger partial charge on any atom is -0.494 e. The van der Waals surface area contributed by atoms with Crippen molar-refractivity contribution in [1.82, 2.24) is 10.2 Å². The average molecular weight is 494 g/mol. The van der Waals surface area contributed by atoms with Gasteiger partial charge >= 0.3 is 0 Å². The second kappa shape index (κ2) is 9.58. The molecule has 0 bridgehead atoms. The summed E-state index contributed by atoms with van der Waals surface area (Å²) in [6.07, 6.45) is 4.45. The van der Waals surface area contributed by atoms with Crippen LogP contribution in [0.4, 0.5) is 9.52 Å². The van der Waals surface area contributed by atoms with Crippen molar-refractivity contribution in [2.45, 2.75) is 45.6 Å². The molecule has 0 spiro atoms. The molecule has 7 nitrogen and oxygen atoms in total. The maximum absolute atomic E-state index is 13.9. The molecule has 0 saturated heterocycles. The van der Waals surface area contributed by atoms with E-state index in [1.165, 1.54) is 34.8 Å². The standard InChI is InChI=1S/C26H24FN3O4S/c1-3-4-5-6-13-33-18-10-7-16(8-11-18)22-21-23(31)19-14-17(27)9-12-20(19)34-24(21)25(32)30(22)26-29-28-15(2)35-26/h7-12,14,22H,3-6,13H2,1-2H3. The molecule has 1 aliphatic heterocycles. The highest BCUT2D eigenvalue weighted by Gasteiger charge is 2.45. The summed E-state index contributed by atoms with van der Waals surface area (Å²) in [5, 5.41) is 9.31. The Morgan fingerprint density at radius 3 is 2.60 bits per heavy atom. The quantitative estimate of drug-likeness (QED) is 0.288. The normalized spacial score (nSPS) is 15.1. The largest absolute Gasteiger partial charge is 0.494 e. The first kappa shape index (κ1) is 23.2. The molecule has 2 aromatic heterocycles. The highest BCUT2D eigenvalue weighted by Crippen LogP contribution is 2.42. The number of benzene rings is 2. The van der Waals surface area contributed by atoms with Crippen LogP contribution in [0.1, 0.15) is 65.3 Å². The summed E-state index contributed by atoms with van der Waals surface area (Å²) in [5.41, 5.74) is 0.559. The van der Waals surface area contributed by atoms with Gasteiger partial charge in [0, 0.05) is 0 Å². The fraction of sp³-hybridized carbons (Fsp3) is 0.308. The van der Waals surface area contributed by atoms with Gasteiger partial charge in [0.1, 0.15) is 22.2 Å². The maximum atomic E-state index is 13.9. The van der Waals surface area contributed by atoms with Crippen molar-refractivity contribution in [2.24, 2.45) is 0 Å². The second-order valence-corrected chi connectivity index (χ2v) is 9.63. The van der Waals surface area contributed by atoms with Gasteiger partial charge < -0.3 is 9.15 Å². The first-order valence-corrected chi connectivity index (χ1v) is 12.4. The molecule has 1 aliphatic rings. The Balaban J connectivity index is 1.56. The maximum Gasteiger partial charge on any atom is 0.297 e. The monoisotopic (exact) mass is 493 g/mol. The number of hydrogen-bond donors (Lipinski definition) is 0. The van der Waals surface area contributed by atoms with Gasteiger partial charge in [0.2, 0.25) is 10.9 Å². The van der Waals surface area contributed by atoms with E-state index < -0.39 is 23.2 Å². The number of nitrogens with zero attached hydrogens (tertiary/aromatic N) is 3. The zero-order valence-corrected chi connectivity index (χ0v) is 20.2. The van der Waals surface area contributed by atoms with Gasteiger partial charge in [-0.05, 0) is 49.2 Å². The molecule has 0 aliphatic carbocycles. The summed E-state index contributed by atoms with van der Waals surface area (Å²) >= 11 is 1.25. The van der Waals surface area contributed by atoms with E-state index in [2.05, 4.69) is 17.1 Å². The van der Waals surface area contributed by atoms with Crippen molar-refractivity contribution in [3.63, 3.8) is 0 Å². The number of aromatic nitrogens is 2. The van der Waals surface area contributed by atoms with Gasteiger partial charge in [-0.1, -0.05) is 49.7 Å². The van der Waals surface area contributed by atoms with Crippen LogP contribution in [-0.2, 0) is 0 Å². The Labute approximate surface area is 205 Å². The topological polar surface area (TPSA) is 85.5 Å². The molecule has 2 aromatic carbocycles. The molecule has 0 radical (unpaired) electrons. The fourth-order valence-corrected chi connectivity index (χ4v) is 5.02. The van der Waals surface area contributed by atoms with Crippen LogP contribution in [0, 0.1) is 12.7 Å². The summed E-state index contributed by atoms with van der Waals surface area (Å²) in [7, 11) is 0. The molecule has 1 atom stereocenters. The number of amides is 1. The minimum absolute atomic E-state index is 0.0665. The molecule has 0 fully saturated rings. The Kier molecular flexibility index (Phi) is 6.34. The van der Waals surface area contributed by atoms with E-state index in [4.69, 9.17) is 9.15 Å². The lowest BCUT2D eigenvalue weighted by molar-refractivity contribution is 0.0970. The molecule has 9 heteroatoms. The number of fused-ring (bicyclic) bond motifs is 2. The van der Waals surface area contributed by atoms with E-state index >= 15 is 0 Å². The lowest BCUT2D eigenvalue weighted by Crippen LogP contribution is -2.29. The third kappa shape index (κ3) is 4.32. The molecule has 180 valence electrons. The molecule has 1 amide bonds. The molecule has 1 unspecified atom stereocenters. The zero-order chi connectivity index (χ0) is 24.5. The van der Waals surface area contributed by atoms with Gasteiger partial charge in [-0.2, -0.15) is 0 Å². The van der Waals surface area contributed by atoms with Gasteiger partial charge in [0.25, 0.3) is 5.91 Å². The SMILES string of the molecule is CCCCCCOc1ccc(C2c3c(oc4ccc(F)cc4c3=O)C(=O)N2c2nnc(C)s2)cc1. The number of halogens is 1. The number of unbranched alkanes of at least 4 members (excludes halogenated alkanes) is 3. The summed E-state index contributed by atoms with van der Waals surface area (Å²) in [6.45, 7) is 4.58. The summed E-state index contributed by atoms with van der Waals surface area (Å²) in [5.74, 6) is -0.396. The summed E-state index contributed by atoms with van der Waals surface area (Å²) in [4.78, 5) is 28.4. The molecule has 5 rings (SSSR count). The predicted octanol–water partition coefficient (Wildman–Crippen LogP) is 5.80. The molecule has 3 heterocycles. The number of rotatable bonds is 8. The van der Waals surface area contributed by atoms with Gasteiger partial charge in [0.15, 0.2) is 5.43 Å². The first-order chi connectivity index (χ1) is 17.0. The van der Waals surface area contributed by atoms with E-state index in [1.54, 1.807) is 6.92 Å². The molecule has 0 saturated carbocycles. The Bertz CT molecular complexity index is 1450. The highest BCUT2D eigenvalue weighted by molar-refractivity contribution is 7.15. The van der Waals surface area contributed by atoms with Crippen molar-refractivity contribution in [3.8, 4) is 5.75 Å². The minimum atomic E-state index is -0.785. The van der Waals surface area contributed by atoms with Crippen molar-refractivity contribution in [3.05, 3.63) is 80.4 Å². The number of carbonyl (C=O) groups is 1. The van der Waals surface area contributed by atoms with Crippen molar-refractivity contribution in [2.75, 3.05) is 11.5 Å². The van der Waals surface area contributed by atoms with Crippen LogP contribution in [0.2, 0.25) is 0 Å². The molecule has 0 N–H and O–H groups in total. The number of anilines is 1. The average Bonchev–Trinajstić information content (AvgIpc) is 3.41. The van der Waals surface area contributed by atoms with E-state index in [0.29, 0.717) is 28.1 Å². The number of hydrogen-bond acceptors (Lipinski definition) is 7. The van der Waals surface area contributed by atoms with Crippen LogP contribution in [0.25, 0.3) is 11.0 Å². The van der Waals surface area contributed by atoms with E-state index in [9.17, 15) is 14.0 Å². The zero-order valence-electron chi connectivity index (χ0n) is 19.4. The molecular formula is C26H24FN3O4S. The molecular weight excluding hydrogens is 469 g/mol. The summed E-state index contributed by atoms with van der Waals surface area (Å²) in [6, 6.07) is 10.2. The van der Waals surface area contributed by atoms with Crippen LogP contribution in [-0.4, -0.2) is 22.7 Å². The van der Waals surface area contributed by atoms with Crippen LogP contribution < -0.4 is 15.1 Å². The molecule has 4 aromatic rings. The predicted molar refractivity (Wildman–Crippen MR) is 132 cm³/mol. The lowest BCUT2D eigenvalue weighted by atomic mass is 9.98. The van der Waals surface area contributed by atoms with Crippen LogP contribution in [0.15, 0.2) is 51.7 Å². The smallest absolute Gasteiger partial charge is 0.297 e. The number of aryl methyl sites for hydroxylation is 1. The number of carbonyl (C=O) groups excluding carboxylic acids is 1. The van der Waals surface area contributed by atoms with E-state index in [-0.39, 0.29) is 22.3 Å². The van der Waals surface area contributed by atoms with E-state index in [0.717, 1.165) is 25.3 Å². The highest BCUT2D eigenvalue weighted by atomic mass is 32.1. The van der Waals surface area contributed by atoms with Crippen LogP contribution in [0.5, 0.6) is 5.75 Å². The van der Waals surface area contributed by atoms with Crippen LogP contribution >= 0.6 is 11.3 Å². The van der Waals surface area contributed by atoms with Gasteiger partial charge in [-0.3, -0.25) is 14.5 Å². The lowest BCUT2D eigenvalue weighted by Gasteiger charge is -2.22. The summed E-state index contributed by atoms with van der Waals surface area (Å²) < 4.78 is 25.6.